The lowest BCUT2D eigenvalue weighted by Gasteiger charge is -2.34. The molecule has 0 amide bonds. The summed E-state index contributed by atoms with van der Waals surface area (Å²) in [7, 11) is 0. The van der Waals surface area contributed by atoms with E-state index in [1.165, 1.54) is 10.5 Å². The van der Waals surface area contributed by atoms with E-state index in [0.717, 1.165) is 0 Å². The van der Waals surface area contributed by atoms with Crippen molar-refractivity contribution in [2.45, 2.75) is 12.6 Å². The van der Waals surface area contributed by atoms with E-state index < -0.39 is 0 Å². The maximum atomic E-state index is 12.1. The number of ether oxygens (including phenoxy) is 1. The van der Waals surface area contributed by atoms with Gasteiger partial charge in [-0.2, -0.15) is 0 Å². The fourth-order valence-corrected chi connectivity index (χ4v) is 2.64. The number of aromatic nitrogens is 2. The van der Waals surface area contributed by atoms with Crippen molar-refractivity contribution >= 4 is 17.2 Å². The van der Waals surface area contributed by atoms with Gasteiger partial charge in [0.15, 0.2) is 0 Å². The Bertz CT molecular complexity index is 703. The van der Waals surface area contributed by atoms with Gasteiger partial charge in [0, 0.05) is 25.4 Å². The Morgan fingerprint density at radius 1 is 1.48 bits per heavy atom. The summed E-state index contributed by atoms with van der Waals surface area (Å²) in [5.41, 5.74) is 1.09. The average molecular weight is 310 g/mol. The first kappa shape index (κ1) is 14.5. The van der Waals surface area contributed by atoms with E-state index >= 15 is 0 Å². The van der Waals surface area contributed by atoms with Crippen molar-refractivity contribution in [3.63, 3.8) is 0 Å². The van der Waals surface area contributed by atoms with Crippen LogP contribution in [0.3, 0.4) is 0 Å². The molecule has 0 aliphatic carbocycles. The number of hydrogen-bond donors (Lipinski definition) is 1. The third-order valence-corrected chi connectivity index (χ3v) is 3.83. The maximum Gasteiger partial charge on any atom is 0.258 e. The molecule has 1 atom stereocenters. The summed E-state index contributed by atoms with van der Waals surface area (Å²) in [6, 6.07) is 4.88. The van der Waals surface area contributed by atoms with E-state index in [2.05, 4.69) is 9.88 Å². The van der Waals surface area contributed by atoms with Crippen molar-refractivity contribution < 1.29 is 9.84 Å². The van der Waals surface area contributed by atoms with Crippen LogP contribution in [-0.2, 0) is 11.3 Å². The first-order valence-electron chi connectivity index (χ1n) is 6.78. The fraction of sp³-hybridized carbons (Fsp3) is 0.429. The number of morpholine rings is 1. The minimum Gasteiger partial charge on any atom is -0.395 e. The zero-order valence-electron chi connectivity index (χ0n) is 11.4. The van der Waals surface area contributed by atoms with Gasteiger partial charge in [-0.1, -0.05) is 11.6 Å². The molecular formula is C14H16ClN3O3. The predicted octanol–water partition coefficient (Wildman–Crippen LogP) is 0.541. The molecule has 0 radical (unpaired) electrons. The number of hydrogen-bond acceptors (Lipinski definition) is 5. The van der Waals surface area contributed by atoms with E-state index in [9.17, 15) is 9.90 Å². The van der Waals surface area contributed by atoms with Crippen LogP contribution in [0.5, 0.6) is 0 Å². The lowest BCUT2D eigenvalue weighted by molar-refractivity contribution is -0.0317. The average Bonchev–Trinajstić information content (AvgIpc) is 2.49. The molecular weight excluding hydrogens is 294 g/mol. The molecule has 1 N–H and O–H groups in total. The second kappa shape index (κ2) is 6.11. The van der Waals surface area contributed by atoms with E-state index in [0.29, 0.717) is 42.7 Å². The normalized spacial score (nSPS) is 20.0. The third kappa shape index (κ3) is 3.08. The highest BCUT2D eigenvalue weighted by Crippen LogP contribution is 2.12. The van der Waals surface area contributed by atoms with Crippen molar-refractivity contribution in [3.05, 3.63) is 45.5 Å². The Kier molecular flexibility index (Phi) is 4.21. The monoisotopic (exact) mass is 309 g/mol. The van der Waals surface area contributed by atoms with Crippen molar-refractivity contribution in [1.29, 1.82) is 0 Å². The molecule has 1 saturated heterocycles. The largest absolute Gasteiger partial charge is 0.395 e. The summed E-state index contributed by atoms with van der Waals surface area (Å²) in [5, 5.41) is 9.87. The van der Waals surface area contributed by atoms with Crippen molar-refractivity contribution in [2.24, 2.45) is 0 Å². The standard InChI is InChI=1S/C14H16ClN3O3/c15-10-1-2-13-16-11(5-14(20)18(13)6-10)7-17-3-4-21-9-12(17)8-19/h1-2,5-6,12,19H,3-4,7-9H2. The van der Waals surface area contributed by atoms with E-state index in [-0.39, 0.29) is 18.2 Å². The molecule has 112 valence electrons. The number of rotatable bonds is 3. The van der Waals surface area contributed by atoms with Crippen LogP contribution in [0.1, 0.15) is 5.69 Å². The second-order valence-electron chi connectivity index (χ2n) is 5.04. The van der Waals surface area contributed by atoms with E-state index in [4.69, 9.17) is 16.3 Å². The lowest BCUT2D eigenvalue weighted by Crippen LogP contribution is -2.47. The quantitative estimate of drug-likeness (QED) is 0.896. The van der Waals surface area contributed by atoms with Gasteiger partial charge in [0.2, 0.25) is 0 Å². The van der Waals surface area contributed by atoms with Gasteiger partial charge < -0.3 is 9.84 Å². The molecule has 1 unspecified atom stereocenters. The van der Waals surface area contributed by atoms with Crippen molar-refractivity contribution in [3.8, 4) is 0 Å². The number of aliphatic hydroxyl groups excluding tert-OH is 1. The molecule has 1 aliphatic heterocycles. The van der Waals surface area contributed by atoms with E-state index in [1.807, 2.05) is 0 Å². The molecule has 3 rings (SSSR count). The van der Waals surface area contributed by atoms with Gasteiger partial charge >= 0.3 is 0 Å². The Labute approximate surface area is 126 Å². The number of halogens is 1. The molecule has 0 saturated carbocycles. The van der Waals surface area contributed by atoms with Crippen LogP contribution in [0.25, 0.3) is 5.65 Å². The second-order valence-corrected chi connectivity index (χ2v) is 5.48. The summed E-state index contributed by atoms with van der Waals surface area (Å²) in [6.07, 6.45) is 1.56. The van der Waals surface area contributed by atoms with Crippen molar-refractivity contribution in [1.82, 2.24) is 14.3 Å². The van der Waals surface area contributed by atoms with Gasteiger partial charge in [-0.15, -0.1) is 0 Å². The van der Waals surface area contributed by atoms with Crippen LogP contribution < -0.4 is 5.56 Å². The minimum atomic E-state index is -0.161. The van der Waals surface area contributed by atoms with Crippen LogP contribution in [0, 0.1) is 0 Å². The molecule has 7 heteroatoms. The summed E-state index contributed by atoms with van der Waals surface area (Å²) >= 11 is 5.89. The Balaban J connectivity index is 1.90. The summed E-state index contributed by atoms with van der Waals surface area (Å²) in [6.45, 7) is 2.38. The molecule has 2 aromatic rings. The Morgan fingerprint density at radius 2 is 2.33 bits per heavy atom. The molecule has 21 heavy (non-hydrogen) atoms. The smallest absolute Gasteiger partial charge is 0.258 e. The third-order valence-electron chi connectivity index (χ3n) is 3.60. The highest BCUT2D eigenvalue weighted by Gasteiger charge is 2.22. The molecule has 3 heterocycles. The minimum absolute atomic E-state index is 0.0299. The van der Waals surface area contributed by atoms with Crippen LogP contribution in [0.4, 0.5) is 0 Å². The Hall–Kier alpha value is -1.47. The van der Waals surface area contributed by atoms with Gasteiger partial charge in [-0.3, -0.25) is 14.1 Å². The summed E-state index contributed by atoms with van der Waals surface area (Å²) < 4.78 is 6.77. The van der Waals surface area contributed by atoms with Crippen LogP contribution in [-0.4, -0.2) is 51.8 Å². The highest BCUT2D eigenvalue weighted by molar-refractivity contribution is 6.30. The molecule has 1 fully saturated rings. The molecule has 2 aromatic heterocycles. The van der Waals surface area contributed by atoms with Gasteiger partial charge in [0.25, 0.3) is 5.56 Å². The Morgan fingerprint density at radius 3 is 3.14 bits per heavy atom. The van der Waals surface area contributed by atoms with Crippen LogP contribution in [0.15, 0.2) is 29.2 Å². The highest BCUT2D eigenvalue weighted by atomic mass is 35.5. The number of fused-ring (bicyclic) bond motifs is 1. The first-order chi connectivity index (χ1) is 10.2. The lowest BCUT2D eigenvalue weighted by atomic mass is 10.2. The summed E-state index contributed by atoms with van der Waals surface area (Å²) in [4.78, 5) is 18.7. The molecule has 0 aromatic carbocycles. The van der Waals surface area contributed by atoms with Gasteiger partial charge in [0.05, 0.1) is 36.6 Å². The SMILES string of the molecule is O=c1cc(CN2CCOCC2CO)nc2ccc(Cl)cn12. The molecule has 0 spiro atoms. The fourth-order valence-electron chi connectivity index (χ4n) is 2.48. The molecule has 1 aliphatic rings. The van der Waals surface area contributed by atoms with Gasteiger partial charge in [-0.25, -0.2) is 4.98 Å². The first-order valence-corrected chi connectivity index (χ1v) is 7.15. The predicted molar refractivity (Wildman–Crippen MR) is 78.6 cm³/mol. The van der Waals surface area contributed by atoms with Gasteiger partial charge in [-0.05, 0) is 12.1 Å². The maximum absolute atomic E-state index is 12.1. The van der Waals surface area contributed by atoms with Crippen molar-refractivity contribution in [2.75, 3.05) is 26.4 Å². The van der Waals surface area contributed by atoms with Gasteiger partial charge in [0.1, 0.15) is 5.65 Å². The molecule has 0 bridgehead atoms. The summed E-state index contributed by atoms with van der Waals surface area (Å²) in [5.74, 6) is 0. The zero-order valence-corrected chi connectivity index (χ0v) is 12.2. The van der Waals surface area contributed by atoms with Crippen LogP contribution >= 0.6 is 11.6 Å². The zero-order chi connectivity index (χ0) is 14.8. The van der Waals surface area contributed by atoms with Crippen LogP contribution in [0.2, 0.25) is 5.02 Å². The van der Waals surface area contributed by atoms with E-state index in [1.54, 1.807) is 18.3 Å². The number of aliphatic hydroxyl groups is 1. The molecule has 6 nitrogen and oxygen atoms in total. The number of nitrogens with zero attached hydrogens (tertiary/aromatic N) is 3. The number of pyridine rings is 1. The topological polar surface area (TPSA) is 67.1 Å².